The molecule has 0 atom stereocenters. The van der Waals surface area contributed by atoms with Gasteiger partial charge in [-0.15, -0.1) is 0 Å². The molecule has 1 rings (SSSR count). The fraction of sp³-hybridized carbons (Fsp3) is 1.00. The monoisotopic (exact) mass is 328 g/mol. The van der Waals surface area contributed by atoms with Gasteiger partial charge in [-0.2, -0.15) is 0 Å². The van der Waals surface area contributed by atoms with Crippen LogP contribution in [0.2, 0.25) is 0 Å². The van der Waals surface area contributed by atoms with Crippen LogP contribution in [0, 0.1) is 22.7 Å². The second-order valence-corrected chi connectivity index (χ2v) is 8.90. The molecule has 3 heteroatoms. The van der Waals surface area contributed by atoms with Gasteiger partial charge < -0.3 is 14.2 Å². The maximum absolute atomic E-state index is 6.56. The van der Waals surface area contributed by atoms with E-state index >= 15 is 0 Å². The van der Waals surface area contributed by atoms with E-state index in [1.165, 1.54) is 25.7 Å². The molecule has 23 heavy (non-hydrogen) atoms. The lowest BCUT2D eigenvalue weighted by Crippen LogP contribution is -2.53. The highest BCUT2D eigenvalue weighted by atomic mass is 16.5. The Hall–Kier alpha value is -0.120. The Morgan fingerprint density at radius 2 is 1.35 bits per heavy atom. The van der Waals surface area contributed by atoms with Crippen LogP contribution in [0.25, 0.3) is 0 Å². The second kappa shape index (κ2) is 8.31. The zero-order valence-corrected chi connectivity index (χ0v) is 16.8. The van der Waals surface area contributed by atoms with Gasteiger partial charge in [-0.1, -0.05) is 40.5 Å². The molecule has 1 fully saturated rings. The quantitative estimate of drug-likeness (QED) is 0.569. The third-order valence-corrected chi connectivity index (χ3v) is 6.71. The summed E-state index contributed by atoms with van der Waals surface area (Å²) >= 11 is 0. The molecule has 1 aliphatic rings. The zero-order chi connectivity index (χ0) is 17.7. The van der Waals surface area contributed by atoms with Gasteiger partial charge in [0.05, 0.1) is 25.4 Å². The first-order valence-electron chi connectivity index (χ1n) is 9.25. The van der Waals surface area contributed by atoms with Crippen molar-refractivity contribution in [1.29, 1.82) is 0 Å². The van der Waals surface area contributed by atoms with Crippen molar-refractivity contribution < 1.29 is 14.2 Å². The molecule has 1 aliphatic carbocycles. The zero-order valence-electron chi connectivity index (χ0n) is 16.8. The standard InChI is InChI=1S/C20H40O3/c1-16(2)18(3,4)20(13-21-7,14-22-8)15-23-19(5,6)17-11-9-10-12-17/h16-17H,9-15H2,1-8H3. The van der Waals surface area contributed by atoms with Crippen molar-refractivity contribution in [3.8, 4) is 0 Å². The minimum Gasteiger partial charge on any atom is -0.384 e. The normalized spacial score (nSPS) is 18.1. The van der Waals surface area contributed by atoms with E-state index in [1.54, 1.807) is 14.2 Å². The summed E-state index contributed by atoms with van der Waals surface area (Å²) in [6, 6.07) is 0. The third-order valence-electron chi connectivity index (χ3n) is 6.71. The van der Waals surface area contributed by atoms with Crippen molar-refractivity contribution in [2.45, 2.75) is 72.8 Å². The molecule has 3 nitrogen and oxygen atoms in total. The van der Waals surface area contributed by atoms with E-state index < -0.39 is 0 Å². The van der Waals surface area contributed by atoms with Crippen molar-refractivity contribution in [3.63, 3.8) is 0 Å². The van der Waals surface area contributed by atoms with Crippen LogP contribution in [0.1, 0.15) is 67.2 Å². The summed E-state index contributed by atoms with van der Waals surface area (Å²) in [7, 11) is 3.56. The maximum Gasteiger partial charge on any atom is 0.0654 e. The summed E-state index contributed by atoms with van der Waals surface area (Å²) in [5.74, 6) is 1.19. The molecule has 138 valence electrons. The van der Waals surface area contributed by atoms with Crippen molar-refractivity contribution >= 4 is 0 Å². The molecular formula is C20H40O3. The van der Waals surface area contributed by atoms with Crippen molar-refractivity contribution in [2.24, 2.45) is 22.7 Å². The van der Waals surface area contributed by atoms with Gasteiger partial charge in [0.1, 0.15) is 0 Å². The first-order valence-corrected chi connectivity index (χ1v) is 9.25. The molecule has 0 spiro atoms. The SMILES string of the molecule is COCC(COC)(COC(C)(C)C1CCCC1)C(C)(C)C(C)C. The molecule has 1 saturated carbocycles. The summed E-state index contributed by atoms with van der Waals surface area (Å²) in [5, 5.41) is 0. The lowest BCUT2D eigenvalue weighted by Gasteiger charge is -2.50. The predicted molar refractivity (Wildman–Crippen MR) is 96.8 cm³/mol. The van der Waals surface area contributed by atoms with Crippen LogP contribution in [-0.2, 0) is 14.2 Å². The Bertz CT molecular complexity index is 335. The van der Waals surface area contributed by atoms with Crippen molar-refractivity contribution in [3.05, 3.63) is 0 Å². The fourth-order valence-electron chi connectivity index (χ4n) is 3.91. The molecule has 0 amide bonds. The molecule has 0 radical (unpaired) electrons. The first kappa shape index (κ1) is 20.9. The van der Waals surface area contributed by atoms with E-state index in [1.807, 2.05) is 0 Å². The average Bonchev–Trinajstić information content (AvgIpc) is 3.00. The lowest BCUT2D eigenvalue weighted by atomic mass is 9.61. The van der Waals surface area contributed by atoms with Crippen molar-refractivity contribution in [1.82, 2.24) is 0 Å². The lowest BCUT2D eigenvalue weighted by molar-refractivity contribution is -0.170. The van der Waals surface area contributed by atoms with Gasteiger partial charge in [0, 0.05) is 19.6 Å². The molecule has 0 unspecified atom stereocenters. The molecule has 0 saturated heterocycles. The highest BCUT2D eigenvalue weighted by molar-refractivity contribution is 4.96. The molecule has 0 aromatic carbocycles. The van der Waals surface area contributed by atoms with Gasteiger partial charge in [-0.05, 0) is 43.9 Å². The van der Waals surface area contributed by atoms with Crippen LogP contribution >= 0.6 is 0 Å². The van der Waals surface area contributed by atoms with Gasteiger partial charge in [0.15, 0.2) is 0 Å². The van der Waals surface area contributed by atoms with E-state index in [0.717, 1.165) is 0 Å². The summed E-state index contributed by atoms with van der Waals surface area (Å²) in [6.45, 7) is 15.7. The number of rotatable bonds is 10. The third kappa shape index (κ3) is 4.70. The number of methoxy groups -OCH3 is 2. The number of hydrogen-bond acceptors (Lipinski definition) is 3. The van der Waals surface area contributed by atoms with E-state index in [0.29, 0.717) is 31.7 Å². The Labute approximate surface area is 144 Å². The van der Waals surface area contributed by atoms with Gasteiger partial charge >= 0.3 is 0 Å². The largest absolute Gasteiger partial charge is 0.384 e. The molecule has 0 heterocycles. The van der Waals surface area contributed by atoms with Crippen LogP contribution in [0.15, 0.2) is 0 Å². The smallest absolute Gasteiger partial charge is 0.0654 e. The van der Waals surface area contributed by atoms with Crippen LogP contribution < -0.4 is 0 Å². The van der Waals surface area contributed by atoms with Gasteiger partial charge in [-0.3, -0.25) is 0 Å². The molecular weight excluding hydrogens is 288 g/mol. The Kier molecular flexibility index (Phi) is 7.56. The summed E-state index contributed by atoms with van der Waals surface area (Å²) < 4.78 is 17.8. The second-order valence-electron chi connectivity index (χ2n) is 8.90. The molecule has 0 bridgehead atoms. The van der Waals surface area contributed by atoms with E-state index in [2.05, 4.69) is 41.5 Å². The van der Waals surface area contributed by atoms with Crippen LogP contribution in [-0.4, -0.2) is 39.6 Å². The average molecular weight is 329 g/mol. The molecule has 0 aliphatic heterocycles. The van der Waals surface area contributed by atoms with E-state index in [-0.39, 0.29) is 16.4 Å². The fourth-order valence-corrected chi connectivity index (χ4v) is 3.91. The highest BCUT2D eigenvalue weighted by Crippen LogP contribution is 2.47. The molecule has 0 aromatic rings. The molecule has 0 N–H and O–H groups in total. The first-order chi connectivity index (χ1) is 10.6. The van der Waals surface area contributed by atoms with Gasteiger partial charge in [0.25, 0.3) is 0 Å². The predicted octanol–water partition coefficient (Wildman–Crippen LogP) is 4.93. The maximum atomic E-state index is 6.56. The van der Waals surface area contributed by atoms with Crippen molar-refractivity contribution in [2.75, 3.05) is 34.0 Å². The topological polar surface area (TPSA) is 27.7 Å². The molecule has 0 aromatic heterocycles. The summed E-state index contributed by atoms with van der Waals surface area (Å²) in [4.78, 5) is 0. The van der Waals surface area contributed by atoms with Gasteiger partial charge in [-0.25, -0.2) is 0 Å². The Morgan fingerprint density at radius 3 is 1.74 bits per heavy atom. The highest BCUT2D eigenvalue weighted by Gasteiger charge is 2.48. The van der Waals surface area contributed by atoms with E-state index in [4.69, 9.17) is 14.2 Å². The number of hydrogen-bond donors (Lipinski definition) is 0. The minimum atomic E-state index is -0.138. The number of ether oxygens (including phenoxy) is 3. The van der Waals surface area contributed by atoms with Crippen LogP contribution in [0.5, 0.6) is 0 Å². The van der Waals surface area contributed by atoms with Gasteiger partial charge in [0.2, 0.25) is 0 Å². The van der Waals surface area contributed by atoms with E-state index in [9.17, 15) is 0 Å². The minimum absolute atomic E-state index is 0.0603. The van der Waals surface area contributed by atoms with Crippen LogP contribution in [0.3, 0.4) is 0 Å². The Morgan fingerprint density at radius 1 is 0.870 bits per heavy atom. The summed E-state index contributed by atoms with van der Waals surface area (Å²) in [6.07, 6.45) is 5.27. The van der Waals surface area contributed by atoms with Crippen LogP contribution in [0.4, 0.5) is 0 Å². The Balaban J connectivity index is 2.95. The summed E-state index contributed by atoms with van der Waals surface area (Å²) in [5.41, 5.74) is -0.151.